The summed E-state index contributed by atoms with van der Waals surface area (Å²) in [6.45, 7) is 0. The van der Waals surface area contributed by atoms with Gasteiger partial charge in [0.2, 0.25) is 0 Å². The summed E-state index contributed by atoms with van der Waals surface area (Å²) < 4.78 is 10.3. The summed E-state index contributed by atoms with van der Waals surface area (Å²) in [5, 5.41) is 18.9. The second-order valence-electron chi connectivity index (χ2n) is 4.38. The average molecular weight is 234 g/mol. The monoisotopic (exact) mass is 234 g/mol. The average Bonchev–Trinajstić information content (AvgIpc) is 3.08. The van der Waals surface area contributed by atoms with Crippen molar-refractivity contribution in [2.75, 3.05) is 7.11 Å². The maximum atomic E-state index is 11.2. The smallest absolute Gasteiger partial charge is 0.526 e. The van der Waals surface area contributed by atoms with E-state index in [1.807, 2.05) is 6.07 Å². The Balaban J connectivity index is 2.18. The summed E-state index contributed by atoms with van der Waals surface area (Å²) in [5.74, 6) is -0.272. The zero-order chi connectivity index (χ0) is 12.2. The zero-order valence-corrected chi connectivity index (χ0v) is 9.21. The van der Waals surface area contributed by atoms with E-state index in [1.165, 1.54) is 7.11 Å². The summed E-state index contributed by atoms with van der Waals surface area (Å²) in [6.07, 6.45) is 0.847. The summed E-state index contributed by atoms with van der Waals surface area (Å²) in [7, 11) is 0.505. The SMILES string of the molecule is COc1ccc2c(c1C(=O)O)OB(O)[C@@H]1C[C@H]21. The highest BCUT2D eigenvalue weighted by molar-refractivity contribution is 6.48. The van der Waals surface area contributed by atoms with E-state index in [0.717, 1.165) is 12.0 Å². The van der Waals surface area contributed by atoms with Crippen molar-refractivity contribution in [3.63, 3.8) is 0 Å². The third-order valence-electron chi connectivity index (χ3n) is 3.43. The molecule has 1 aliphatic carbocycles. The first-order valence-corrected chi connectivity index (χ1v) is 5.42. The molecule has 17 heavy (non-hydrogen) atoms. The molecular formula is C11H11BO5. The Morgan fingerprint density at radius 1 is 1.59 bits per heavy atom. The highest BCUT2D eigenvalue weighted by Crippen LogP contribution is 2.60. The van der Waals surface area contributed by atoms with Crippen molar-refractivity contribution in [2.45, 2.75) is 18.2 Å². The first kappa shape index (κ1) is 10.5. The van der Waals surface area contributed by atoms with Gasteiger partial charge in [-0.1, -0.05) is 6.07 Å². The van der Waals surface area contributed by atoms with E-state index in [9.17, 15) is 14.9 Å². The molecule has 0 saturated heterocycles. The van der Waals surface area contributed by atoms with Gasteiger partial charge < -0.3 is 19.5 Å². The van der Waals surface area contributed by atoms with E-state index in [2.05, 4.69) is 0 Å². The van der Waals surface area contributed by atoms with E-state index in [0.29, 0.717) is 0 Å². The number of rotatable bonds is 2. The Morgan fingerprint density at radius 3 is 3.00 bits per heavy atom. The molecule has 6 heteroatoms. The Morgan fingerprint density at radius 2 is 2.35 bits per heavy atom. The lowest BCUT2D eigenvalue weighted by atomic mass is 9.77. The van der Waals surface area contributed by atoms with Crippen LogP contribution in [0.4, 0.5) is 0 Å². The largest absolute Gasteiger partial charge is 0.535 e. The fraction of sp³-hybridized carbons (Fsp3) is 0.364. The number of carbonyl (C=O) groups is 1. The molecule has 1 aliphatic heterocycles. The first-order valence-electron chi connectivity index (χ1n) is 5.42. The van der Waals surface area contributed by atoms with Crippen LogP contribution in [0, 0.1) is 0 Å². The lowest BCUT2D eigenvalue weighted by Gasteiger charge is -2.22. The molecule has 1 heterocycles. The zero-order valence-electron chi connectivity index (χ0n) is 9.21. The molecule has 0 spiro atoms. The van der Waals surface area contributed by atoms with Gasteiger partial charge in [-0.2, -0.15) is 0 Å². The lowest BCUT2D eigenvalue weighted by Crippen LogP contribution is -2.27. The van der Waals surface area contributed by atoms with Gasteiger partial charge in [-0.3, -0.25) is 0 Å². The molecule has 0 radical (unpaired) electrons. The van der Waals surface area contributed by atoms with E-state index in [1.54, 1.807) is 6.07 Å². The van der Waals surface area contributed by atoms with E-state index < -0.39 is 13.1 Å². The van der Waals surface area contributed by atoms with Crippen LogP contribution < -0.4 is 9.39 Å². The quantitative estimate of drug-likeness (QED) is 0.750. The Bertz CT molecular complexity index is 501. The Hall–Kier alpha value is -1.69. The fourth-order valence-corrected chi connectivity index (χ4v) is 2.47. The second kappa shape index (κ2) is 3.40. The molecule has 2 aliphatic rings. The minimum atomic E-state index is -1.11. The van der Waals surface area contributed by atoms with Crippen LogP contribution in [0.2, 0.25) is 5.82 Å². The molecule has 88 valence electrons. The Labute approximate surface area is 98.1 Å². The number of benzene rings is 1. The minimum Gasteiger partial charge on any atom is -0.535 e. The molecule has 2 atom stereocenters. The van der Waals surface area contributed by atoms with Crippen LogP contribution in [0.3, 0.4) is 0 Å². The van der Waals surface area contributed by atoms with E-state index in [-0.39, 0.29) is 28.8 Å². The van der Waals surface area contributed by atoms with Gasteiger partial charge in [0.05, 0.1) is 7.11 Å². The van der Waals surface area contributed by atoms with E-state index >= 15 is 0 Å². The maximum absolute atomic E-state index is 11.2. The molecular weight excluding hydrogens is 223 g/mol. The molecule has 1 aromatic rings. The number of fused-ring (bicyclic) bond motifs is 3. The number of methoxy groups -OCH3 is 1. The fourth-order valence-electron chi connectivity index (χ4n) is 2.47. The molecule has 1 fully saturated rings. The molecule has 1 saturated carbocycles. The van der Waals surface area contributed by atoms with Gasteiger partial charge in [0.15, 0.2) is 0 Å². The summed E-state index contributed by atoms with van der Waals surface area (Å²) in [5.41, 5.74) is 0.855. The van der Waals surface area contributed by atoms with Crippen molar-refractivity contribution in [2.24, 2.45) is 0 Å². The number of ether oxygens (including phenoxy) is 1. The second-order valence-corrected chi connectivity index (χ2v) is 4.38. The van der Waals surface area contributed by atoms with Crippen LogP contribution in [0.15, 0.2) is 12.1 Å². The van der Waals surface area contributed by atoms with Gasteiger partial charge in [-0.25, -0.2) is 4.79 Å². The summed E-state index contributed by atoms with van der Waals surface area (Å²) >= 11 is 0. The standard InChI is InChI=1S/C11H11BO5/c1-16-8-3-2-5-6-4-7(6)12(15)17-10(5)9(8)11(13)14/h2-3,6-7,15H,4H2,1H3,(H,13,14)/t6-,7-/m1/s1. The van der Waals surface area contributed by atoms with Crippen molar-refractivity contribution in [3.05, 3.63) is 23.3 Å². The molecule has 0 amide bonds. The van der Waals surface area contributed by atoms with Crippen LogP contribution in [-0.2, 0) is 0 Å². The molecule has 1 aromatic carbocycles. The molecule has 0 aromatic heterocycles. The van der Waals surface area contributed by atoms with Crippen molar-refractivity contribution in [1.82, 2.24) is 0 Å². The van der Waals surface area contributed by atoms with Crippen LogP contribution >= 0.6 is 0 Å². The highest BCUT2D eigenvalue weighted by atomic mass is 16.5. The molecule has 0 unspecified atom stereocenters. The number of carboxylic acids is 1. The molecule has 5 nitrogen and oxygen atoms in total. The van der Waals surface area contributed by atoms with Gasteiger partial charge in [-0.15, -0.1) is 0 Å². The highest BCUT2D eigenvalue weighted by Gasteiger charge is 2.54. The van der Waals surface area contributed by atoms with Gasteiger partial charge in [0.1, 0.15) is 17.1 Å². The van der Waals surface area contributed by atoms with Crippen LogP contribution in [0.25, 0.3) is 0 Å². The van der Waals surface area contributed by atoms with Crippen LogP contribution in [-0.4, -0.2) is 30.3 Å². The minimum absolute atomic E-state index is 0.00519. The van der Waals surface area contributed by atoms with E-state index in [4.69, 9.17) is 9.39 Å². The summed E-state index contributed by atoms with van der Waals surface area (Å²) in [6, 6.07) is 3.45. The number of hydrogen-bond donors (Lipinski definition) is 2. The first-order chi connectivity index (χ1) is 8.13. The summed E-state index contributed by atoms with van der Waals surface area (Å²) in [4.78, 5) is 11.2. The number of aromatic carboxylic acids is 1. The van der Waals surface area contributed by atoms with Crippen molar-refractivity contribution in [1.29, 1.82) is 0 Å². The van der Waals surface area contributed by atoms with Gasteiger partial charge in [-0.05, 0) is 24.0 Å². The third-order valence-corrected chi connectivity index (χ3v) is 3.43. The predicted octanol–water partition coefficient (Wildman–Crippen LogP) is 1.12. The Kier molecular flexibility index (Phi) is 2.09. The van der Waals surface area contributed by atoms with Gasteiger partial charge in [0, 0.05) is 5.82 Å². The van der Waals surface area contributed by atoms with Gasteiger partial charge in [0.25, 0.3) is 0 Å². The maximum Gasteiger partial charge on any atom is 0.526 e. The van der Waals surface area contributed by atoms with Crippen molar-refractivity contribution < 1.29 is 24.3 Å². The van der Waals surface area contributed by atoms with Gasteiger partial charge >= 0.3 is 13.1 Å². The van der Waals surface area contributed by atoms with Crippen molar-refractivity contribution >= 4 is 13.1 Å². The molecule has 3 rings (SSSR count). The molecule has 2 N–H and O–H groups in total. The van der Waals surface area contributed by atoms with Crippen LogP contribution in [0.1, 0.15) is 28.3 Å². The normalized spacial score (nSPS) is 24.5. The van der Waals surface area contributed by atoms with Crippen LogP contribution in [0.5, 0.6) is 11.5 Å². The topological polar surface area (TPSA) is 76.0 Å². The molecule has 0 bridgehead atoms. The third kappa shape index (κ3) is 1.40. The number of hydrogen-bond acceptors (Lipinski definition) is 4. The predicted molar refractivity (Wildman–Crippen MR) is 59.7 cm³/mol. The lowest BCUT2D eigenvalue weighted by molar-refractivity contribution is 0.0690. The van der Waals surface area contributed by atoms with Crippen molar-refractivity contribution in [3.8, 4) is 11.5 Å². The number of carboxylic acid groups (broad SMARTS) is 1.